The second kappa shape index (κ2) is 4.83. The normalized spacial score (nSPS) is 24.4. The summed E-state index contributed by atoms with van der Waals surface area (Å²) in [5, 5.41) is 21.8. The molecule has 2 aliphatic heterocycles. The molecule has 21 heavy (non-hydrogen) atoms. The lowest BCUT2D eigenvalue weighted by atomic mass is 9.84. The van der Waals surface area contributed by atoms with Crippen molar-refractivity contribution in [3.8, 4) is 5.75 Å². The largest absolute Gasteiger partial charge is 0.508 e. The first-order valence-electron chi connectivity index (χ1n) is 7.30. The van der Waals surface area contributed by atoms with Gasteiger partial charge in [-0.1, -0.05) is 6.07 Å². The van der Waals surface area contributed by atoms with E-state index in [9.17, 15) is 10.2 Å². The number of fused-ring (bicyclic) bond motifs is 2. The summed E-state index contributed by atoms with van der Waals surface area (Å²) in [5.41, 5.74) is 3.16. The Balaban J connectivity index is 1.99. The Kier molecular flexibility index (Phi) is 2.94. The second-order valence-corrected chi connectivity index (χ2v) is 5.75. The smallest absolute Gasteiger partial charge is 0.181 e. The van der Waals surface area contributed by atoms with E-state index in [-0.39, 0.29) is 5.75 Å². The first kappa shape index (κ1) is 12.8. The predicted molar refractivity (Wildman–Crippen MR) is 80.7 cm³/mol. The van der Waals surface area contributed by atoms with Crippen LogP contribution in [0.2, 0.25) is 0 Å². The maximum atomic E-state index is 10.0. The van der Waals surface area contributed by atoms with E-state index < -0.39 is 6.29 Å². The fourth-order valence-corrected chi connectivity index (χ4v) is 3.48. The number of aromatic hydroxyl groups is 1. The molecule has 2 aliphatic rings. The molecule has 0 saturated heterocycles. The minimum Gasteiger partial charge on any atom is -0.508 e. The Morgan fingerprint density at radius 3 is 2.95 bits per heavy atom. The molecule has 0 spiro atoms. The molecule has 2 atom stereocenters. The molecule has 2 heterocycles. The van der Waals surface area contributed by atoms with Gasteiger partial charge < -0.3 is 14.9 Å². The molecular formula is C17H17NO3. The number of hydrogen-bond donors (Lipinski definition) is 2. The molecule has 0 aromatic heterocycles. The van der Waals surface area contributed by atoms with Crippen molar-refractivity contribution in [2.24, 2.45) is 4.99 Å². The number of aliphatic hydroxyl groups excluding tert-OH is 1. The lowest BCUT2D eigenvalue weighted by molar-refractivity contribution is -0.0918. The average Bonchev–Trinajstić information content (AvgIpc) is 2.87. The zero-order valence-corrected chi connectivity index (χ0v) is 11.6. The van der Waals surface area contributed by atoms with Gasteiger partial charge in [-0.15, -0.1) is 0 Å². The summed E-state index contributed by atoms with van der Waals surface area (Å²) in [4.78, 5) is 4.43. The van der Waals surface area contributed by atoms with Crippen molar-refractivity contribution in [1.82, 2.24) is 0 Å². The lowest BCUT2D eigenvalue weighted by Crippen LogP contribution is -2.11. The fourth-order valence-electron chi connectivity index (χ4n) is 3.48. The number of hydrogen-bond acceptors (Lipinski definition) is 4. The third kappa shape index (κ3) is 2.03. The third-order valence-corrected chi connectivity index (χ3v) is 4.47. The van der Waals surface area contributed by atoms with Crippen LogP contribution < -0.4 is 0 Å². The van der Waals surface area contributed by atoms with Crippen molar-refractivity contribution in [1.29, 1.82) is 0 Å². The van der Waals surface area contributed by atoms with Gasteiger partial charge in [0.05, 0.1) is 6.61 Å². The zero-order valence-electron chi connectivity index (χ0n) is 11.6. The van der Waals surface area contributed by atoms with Crippen molar-refractivity contribution >= 4 is 17.0 Å². The third-order valence-electron chi connectivity index (χ3n) is 4.47. The van der Waals surface area contributed by atoms with Gasteiger partial charge in [-0.2, -0.15) is 0 Å². The highest BCUT2D eigenvalue weighted by atomic mass is 16.6. The molecule has 0 radical (unpaired) electrons. The van der Waals surface area contributed by atoms with E-state index in [1.54, 1.807) is 12.1 Å². The summed E-state index contributed by atoms with van der Waals surface area (Å²) in [5.74, 6) is 0.592. The number of ether oxygens (including phenoxy) is 1. The monoisotopic (exact) mass is 283 g/mol. The maximum Gasteiger partial charge on any atom is 0.181 e. The van der Waals surface area contributed by atoms with E-state index in [1.165, 1.54) is 5.56 Å². The molecule has 0 fully saturated rings. The van der Waals surface area contributed by atoms with E-state index in [0.29, 0.717) is 12.5 Å². The van der Waals surface area contributed by atoms with Gasteiger partial charge in [0.25, 0.3) is 0 Å². The van der Waals surface area contributed by atoms with Crippen LogP contribution in [-0.2, 0) is 11.3 Å². The molecule has 2 aromatic rings. The highest BCUT2D eigenvalue weighted by molar-refractivity contribution is 5.90. The Hall–Kier alpha value is -1.91. The van der Waals surface area contributed by atoms with Crippen LogP contribution in [0.3, 0.4) is 0 Å². The van der Waals surface area contributed by atoms with Gasteiger partial charge in [0.15, 0.2) is 6.29 Å². The van der Waals surface area contributed by atoms with E-state index in [4.69, 9.17) is 4.74 Å². The summed E-state index contributed by atoms with van der Waals surface area (Å²) >= 11 is 0. The van der Waals surface area contributed by atoms with E-state index >= 15 is 0 Å². The van der Waals surface area contributed by atoms with E-state index in [0.717, 1.165) is 41.3 Å². The fraction of sp³-hybridized carbons (Fsp3) is 0.353. The summed E-state index contributed by atoms with van der Waals surface area (Å²) in [6.07, 6.45) is 3.17. The SMILES string of the molecule is Oc1ccc2c(C3CCC=NC3)c3c(cc2c1)C(O)OC3. The number of phenolic OH excluding ortho intramolecular Hbond substituents is 1. The molecule has 0 bridgehead atoms. The van der Waals surface area contributed by atoms with Crippen LogP contribution in [0.15, 0.2) is 29.3 Å². The van der Waals surface area contributed by atoms with Crippen LogP contribution in [0.25, 0.3) is 10.8 Å². The molecular weight excluding hydrogens is 266 g/mol. The summed E-state index contributed by atoms with van der Waals surface area (Å²) < 4.78 is 5.41. The molecule has 0 saturated carbocycles. The van der Waals surface area contributed by atoms with E-state index in [1.807, 2.05) is 18.3 Å². The first-order chi connectivity index (χ1) is 10.2. The molecule has 4 heteroatoms. The van der Waals surface area contributed by atoms with Crippen molar-refractivity contribution in [3.05, 3.63) is 41.0 Å². The lowest BCUT2D eigenvalue weighted by Gasteiger charge is -2.22. The minimum atomic E-state index is -0.863. The van der Waals surface area contributed by atoms with E-state index in [2.05, 4.69) is 4.99 Å². The molecule has 4 rings (SSSR count). The molecule has 2 N–H and O–H groups in total. The number of phenols is 1. The summed E-state index contributed by atoms with van der Waals surface area (Å²) in [6.45, 7) is 1.23. The van der Waals surface area contributed by atoms with Gasteiger partial charge in [-0.05, 0) is 59.2 Å². The van der Waals surface area contributed by atoms with Gasteiger partial charge in [-0.3, -0.25) is 4.99 Å². The molecule has 2 unspecified atom stereocenters. The van der Waals surface area contributed by atoms with Crippen LogP contribution in [0.5, 0.6) is 5.75 Å². The summed E-state index contributed by atoms with van der Waals surface area (Å²) in [7, 11) is 0. The topological polar surface area (TPSA) is 62.1 Å². The van der Waals surface area contributed by atoms with Gasteiger partial charge in [0.2, 0.25) is 0 Å². The second-order valence-electron chi connectivity index (χ2n) is 5.75. The number of rotatable bonds is 1. The van der Waals surface area contributed by atoms with Gasteiger partial charge in [0, 0.05) is 18.0 Å². The minimum absolute atomic E-state index is 0.239. The molecule has 0 amide bonds. The van der Waals surface area contributed by atoms with Crippen LogP contribution in [-0.4, -0.2) is 23.0 Å². The molecule has 2 aromatic carbocycles. The standard InChI is InChI=1S/C17H17NO3/c19-12-3-4-13-11(6-12)7-14-15(9-21-17(14)20)16(13)10-2-1-5-18-8-10/h3-7,10,17,19-20H,1-2,8-9H2. The molecule has 108 valence electrons. The van der Waals surface area contributed by atoms with Crippen molar-refractivity contribution in [2.75, 3.05) is 6.54 Å². The quantitative estimate of drug-likeness (QED) is 0.845. The van der Waals surface area contributed by atoms with Crippen molar-refractivity contribution in [2.45, 2.75) is 31.7 Å². The number of aliphatic hydroxyl groups is 1. The first-order valence-corrected chi connectivity index (χ1v) is 7.30. The average molecular weight is 283 g/mol. The zero-order chi connectivity index (χ0) is 14.4. The maximum absolute atomic E-state index is 10.0. The van der Waals surface area contributed by atoms with Crippen LogP contribution in [0, 0.1) is 0 Å². The highest BCUT2D eigenvalue weighted by Crippen LogP contribution is 2.41. The molecule has 4 nitrogen and oxygen atoms in total. The van der Waals surface area contributed by atoms with Gasteiger partial charge in [-0.25, -0.2) is 0 Å². The van der Waals surface area contributed by atoms with Crippen LogP contribution in [0.4, 0.5) is 0 Å². The van der Waals surface area contributed by atoms with Gasteiger partial charge in [0.1, 0.15) is 5.75 Å². The number of benzene rings is 2. The Morgan fingerprint density at radius 1 is 1.24 bits per heavy atom. The molecule has 0 aliphatic carbocycles. The predicted octanol–water partition coefficient (Wildman–Crippen LogP) is 3.01. The summed E-state index contributed by atoms with van der Waals surface area (Å²) in [6, 6.07) is 7.35. The van der Waals surface area contributed by atoms with Crippen molar-refractivity contribution in [3.63, 3.8) is 0 Å². The Labute approximate surface area is 122 Å². The van der Waals surface area contributed by atoms with Gasteiger partial charge >= 0.3 is 0 Å². The number of nitrogens with zero attached hydrogens (tertiary/aromatic N) is 1. The van der Waals surface area contributed by atoms with Crippen LogP contribution in [0.1, 0.15) is 41.7 Å². The number of aliphatic imine (C=N–C) groups is 1. The van der Waals surface area contributed by atoms with Crippen LogP contribution >= 0.6 is 0 Å². The Bertz CT molecular complexity index is 738. The highest BCUT2D eigenvalue weighted by Gasteiger charge is 2.29. The Morgan fingerprint density at radius 2 is 2.14 bits per heavy atom. The van der Waals surface area contributed by atoms with Crippen molar-refractivity contribution < 1.29 is 14.9 Å².